The number of fused-ring (bicyclic) bond motifs is 1. The molecule has 2 saturated heterocycles. The highest BCUT2D eigenvalue weighted by molar-refractivity contribution is 6.03. The van der Waals surface area contributed by atoms with E-state index in [0.717, 1.165) is 56.7 Å². The van der Waals surface area contributed by atoms with Crippen LogP contribution in [0.2, 0.25) is 0 Å². The molecule has 2 unspecified atom stereocenters. The van der Waals surface area contributed by atoms with Crippen LogP contribution in [-0.2, 0) is 9.53 Å². The number of hydrogen-bond acceptors (Lipinski definition) is 4. The van der Waals surface area contributed by atoms with Crippen molar-refractivity contribution in [3.05, 3.63) is 29.8 Å². The standard InChI is InChI=1S/C20H27N3O3/c1-2-26-20(25)23-12-9-15(13-23)22-10-7-14(8-11-22)18-16-5-3-4-6-17(16)21-19(18)24/h3-6,14-15,18H,2,7-13H2,1H3,(H,21,24). The third-order valence-electron chi connectivity index (χ3n) is 6.09. The predicted molar refractivity (Wildman–Crippen MR) is 99.1 cm³/mol. The quantitative estimate of drug-likeness (QED) is 0.903. The Bertz CT molecular complexity index is 685. The first-order valence-corrected chi connectivity index (χ1v) is 9.73. The van der Waals surface area contributed by atoms with Crippen LogP contribution in [0.5, 0.6) is 0 Å². The zero-order valence-electron chi connectivity index (χ0n) is 15.3. The van der Waals surface area contributed by atoms with Gasteiger partial charge in [-0.05, 0) is 56.8 Å². The van der Waals surface area contributed by atoms with Crippen LogP contribution < -0.4 is 5.32 Å². The fraction of sp³-hybridized carbons (Fsp3) is 0.600. The molecule has 140 valence electrons. The molecule has 0 saturated carbocycles. The highest BCUT2D eigenvalue weighted by Gasteiger charge is 2.40. The van der Waals surface area contributed by atoms with Crippen LogP contribution in [0.15, 0.2) is 24.3 Å². The van der Waals surface area contributed by atoms with E-state index in [2.05, 4.69) is 16.3 Å². The second kappa shape index (κ2) is 7.27. The Balaban J connectivity index is 1.34. The molecule has 1 aromatic rings. The molecule has 2 atom stereocenters. The van der Waals surface area contributed by atoms with Crippen molar-refractivity contribution in [1.29, 1.82) is 0 Å². The van der Waals surface area contributed by atoms with Crippen molar-refractivity contribution in [3.63, 3.8) is 0 Å². The molecule has 6 nitrogen and oxygen atoms in total. The number of carbonyl (C=O) groups excluding carboxylic acids is 2. The molecule has 4 rings (SSSR count). The normalized spacial score (nSPS) is 26.7. The molecule has 2 amide bonds. The Morgan fingerprint density at radius 3 is 2.73 bits per heavy atom. The molecule has 26 heavy (non-hydrogen) atoms. The highest BCUT2D eigenvalue weighted by Crippen LogP contribution is 2.41. The maximum Gasteiger partial charge on any atom is 0.409 e. The molecular weight excluding hydrogens is 330 g/mol. The van der Waals surface area contributed by atoms with Crippen LogP contribution in [0, 0.1) is 5.92 Å². The molecule has 3 aliphatic rings. The summed E-state index contributed by atoms with van der Waals surface area (Å²) in [5, 5.41) is 3.03. The minimum atomic E-state index is -0.191. The molecule has 0 aromatic heterocycles. The Morgan fingerprint density at radius 2 is 1.96 bits per heavy atom. The van der Waals surface area contributed by atoms with E-state index >= 15 is 0 Å². The summed E-state index contributed by atoms with van der Waals surface area (Å²) in [5.74, 6) is 0.546. The van der Waals surface area contributed by atoms with Crippen LogP contribution in [0.25, 0.3) is 0 Å². The van der Waals surface area contributed by atoms with Crippen molar-refractivity contribution >= 4 is 17.7 Å². The van der Waals surface area contributed by atoms with Gasteiger partial charge in [0.2, 0.25) is 5.91 Å². The largest absolute Gasteiger partial charge is 0.450 e. The molecule has 6 heteroatoms. The number of nitrogens with one attached hydrogen (secondary N) is 1. The lowest BCUT2D eigenvalue weighted by atomic mass is 9.80. The fourth-order valence-corrected chi connectivity index (χ4v) is 4.74. The highest BCUT2D eigenvalue weighted by atomic mass is 16.6. The smallest absolute Gasteiger partial charge is 0.409 e. The zero-order valence-corrected chi connectivity index (χ0v) is 15.3. The molecule has 3 aliphatic heterocycles. The van der Waals surface area contributed by atoms with E-state index in [1.54, 1.807) is 0 Å². The van der Waals surface area contributed by atoms with E-state index in [1.807, 2.05) is 30.0 Å². The number of anilines is 1. The van der Waals surface area contributed by atoms with Crippen LogP contribution >= 0.6 is 0 Å². The van der Waals surface area contributed by atoms with Gasteiger partial charge in [-0.2, -0.15) is 0 Å². The van der Waals surface area contributed by atoms with Crippen molar-refractivity contribution in [2.75, 3.05) is 38.1 Å². The van der Waals surface area contributed by atoms with Crippen LogP contribution in [0.4, 0.5) is 10.5 Å². The maximum absolute atomic E-state index is 12.5. The average Bonchev–Trinajstić information content (AvgIpc) is 3.26. The molecule has 1 N–H and O–H groups in total. The second-order valence-corrected chi connectivity index (χ2v) is 7.52. The molecule has 2 fully saturated rings. The van der Waals surface area contributed by atoms with Crippen molar-refractivity contribution in [2.45, 2.75) is 38.1 Å². The van der Waals surface area contributed by atoms with Gasteiger partial charge in [-0.25, -0.2) is 4.79 Å². The molecule has 0 radical (unpaired) electrons. The average molecular weight is 357 g/mol. The summed E-state index contributed by atoms with van der Waals surface area (Å²) in [4.78, 5) is 28.7. The Hall–Kier alpha value is -2.08. The number of rotatable bonds is 3. The van der Waals surface area contributed by atoms with E-state index < -0.39 is 0 Å². The summed E-state index contributed by atoms with van der Waals surface area (Å²) in [6.07, 6.45) is 2.88. The summed E-state index contributed by atoms with van der Waals surface area (Å²) < 4.78 is 5.12. The van der Waals surface area contributed by atoms with Crippen molar-refractivity contribution in [3.8, 4) is 0 Å². The molecule has 0 spiro atoms. The van der Waals surface area contributed by atoms with Gasteiger partial charge in [0.1, 0.15) is 0 Å². The topological polar surface area (TPSA) is 61.9 Å². The lowest BCUT2D eigenvalue weighted by molar-refractivity contribution is -0.118. The van der Waals surface area contributed by atoms with Gasteiger partial charge >= 0.3 is 6.09 Å². The number of para-hydroxylation sites is 1. The predicted octanol–water partition coefficient (Wildman–Crippen LogP) is 2.67. The number of amides is 2. The molecular formula is C20H27N3O3. The number of likely N-dealkylation sites (tertiary alicyclic amines) is 2. The van der Waals surface area contributed by atoms with Gasteiger partial charge in [-0.15, -0.1) is 0 Å². The first kappa shape index (κ1) is 17.3. The number of nitrogens with zero attached hydrogens (tertiary/aromatic N) is 2. The first-order valence-electron chi connectivity index (χ1n) is 9.73. The summed E-state index contributed by atoms with van der Waals surface area (Å²) in [6.45, 7) is 5.80. The number of carbonyl (C=O) groups is 2. The van der Waals surface area contributed by atoms with Gasteiger partial charge in [-0.3, -0.25) is 9.69 Å². The Morgan fingerprint density at radius 1 is 1.19 bits per heavy atom. The van der Waals surface area contributed by atoms with Gasteiger partial charge in [0.15, 0.2) is 0 Å². The van der Waals surface area contributed by atoms with E-state index in [-0.39, 0.29) is 17.9 Å². The summed E-state index contributed by atoms with van der Waals surface area (Å²) >= 11 is 0. The van der Waals surface area contributed by atoms with Gasteiger partial charge in [0.05, 0.1) is 12.5 Å². The van der Waals surface area contributed by atoms with E-state index in [0.29, 0.717) is 18.6 Å². The number of hydrogen-bond donors (Lipinski definition) is 1. The Labute approximate surface area is 154 Å². The first-order chi connectivity index (χ1) is 12.7. The monoisotopic (exact) mass is 357 g/mol. The van der Waals surface area contributed by atoms with Gasteiger partial charge < -0.3 is 15.0 Å². The minimum Gasteiger partial charge on any atom is -0.450 e. The number of ether oxygens (including phenoxy) is 1. The van der Waals surface area contributed by atoms with Crippen molar-refractivity contribution < 1.29 is 14.3 Å². The number of piperidine rings is 1. The maximum atomic E-state index is 12.5. The van der Waals surface area contributed by atoms with Crippen molar-refractivity contribution in [2.24, 2.45) is 5.92 Å². The summed E-state index contributed by atoms with van der Waals surface area (Å²) in [5.41, 5.74) is 2.14. The lowest BCUT2D eigenvalue weighted by Crippen LogP contribution is -2.44. The SMILES string of the molecule is CCOC(=O)N1CCC(N2CCC(C3C(=O)Nc4ccccc43)CC2)C1. The summed E-state index contributed by atoms with van der Waals surface area (Å²) in [7, 11) is 0. The van der Waals surface area contributed by atoms with E-state index in [9.17, 15) is 9.59 Å². The zero-order chi connectivity index (χ0) is 18.1. The van der Waals surface area contributed by atoms with Gasteiger partial charge in [0.25, 0.3) is 0 Å². The van der Waals surface area contributed by atoms with Gasteiger partial charge in [0, 0.05) is 24.8 Å². The van der Waals surface area contributed by atoms with Crippen LogP contribution in [-0.4, -0.2) is 60.6 Å². The molecule has 0 bridgehead atoms. The van der Waals surface area contributed by atoms with Crippen LogP contribution in [0.1, 0.15) is 37.7 Å². The third kappa shape index (κ3) is 3.18. The van der Waals surface area contributed by atoms with E-state index in [4.69, 9.17) is 4.74 Å². The fourth-order valence-electron chi connectivity index (χ4n) is 4.74. The minimum absolute atomic E-state index is 0.00652. The summed E-state index contributed by atoms with van der Waals surface area (Å²) in [6, 6.07) is 8.48. The Kier molecular flexibility index (Phi) is 4.85. The molecule has 0 aliphatic carbocycles. The molecule has 3 heterocycles. The number of benzene rings is 1. The lowest BCUT2D eigenvalue weighted by Gasteiger charge is -2.37. The molecule has 1 aromatic carbocycles. The van der Waals surface area contributed by atoms with Gasteiger partial charge in [-0.1, -0.05) is 18.2 Å². The van der Waals surface area contributed by atoms with Crippen molar-refractivity contribution in [1.82, 2.24) is 9.80 Å². The third-order valence-corrected chi connectivity index (χ3v) is 6.09. The second-order valence-electron chi connectivity index (χ2n) is 7.52. The van der Waals surface area contributed by atoms with E-state index in [1.165, 1.54) is 0 Å². The van der Waals surface area contributed by atoms with Crippen LogP contribution in [0.3, 0.4) is 0 Å².